The molecule has 0 atom stereocenters. The van der Waals surface area contributed by atoms with Gasteiger partial charge in [-0.3, -0.25) is 4.79 Å². The molecule has 0 unspecified atom stereocenters. The average Bonchev–Trinajstić information content (AvgIpc) is 2.61. The maximum atomic E-state index is 11.7. The van der Waals surface area contributed by atoms with Crippen LogP contribution in [-0.4, -0.2) is 17.5 Å². The highest BCUT2D eigenvalue weighted by Gasteiger charge is 2.37. The minimum absolute atomic E-state index is 0.0623. The van der Waals surface area contributed by atoms with Crippen molar-refractivity contribution in [2.45, 2.75) is 19.6 Å². The van der Waals surface area contributed by atoms with Gasteiger partial charge in [0.2, 0.25) is 11.5 Å². The lowest BCUT2D eigenvalue weighted by atomic mass is 10.2. The third kappa shape index (κ3) is 3.55. The zero-order valence-electron chi connectivity index (χ0n) is 10.8. The quantitative estimate of drug-likeness (QED) is 0.617. The molecule has 1 aromatic carbocycles. The molecule has 1 fully saturated rings. The third-order valence-electron chi connectivity index (χ3n) is 2.41. The lowest BCUT2D eigenvalue weighted by Crippen LogP contribution is -2.19. The summed E-state index contributed by atoms with van der Waals surface area (Å²) in [6, 6.07) is 9.40. The van der Waals surface area contributed by atoms with Gasteiger partial charge in [0.05, 0.1) is 0 Å². The zero-order valence-corrected chi connectivity index (χ0v) is 10.8. The summed E-state index contributed by atoms with van der Waals surface area (Å²) in [5.41, 5.74) is 0.907. The van der Waals surface area contributed by atoms with Crippen molar-refractivity contribution in [3.63, 3.8) is 0 Å². The Labute approximate surface area is 111 Å². The summed E-state index contributed by atoms with van der Waals surface area (Å²) in [5, 5.41) is 0. The molecule has 0 spiro atoms. The second-order valence-electron chi connectivity index (χ2n) is 4.55. The first-order chi connectivity index (χ1) is 8.96. The molecule has 0 amide bonds. The lowest BCUT2D eigenvalue weighted by molar-refractivity contribution is -0.159. The second-order valence-corrected chi connectivity index (χ2v) is 4.55. The molecular formula is C15H14O4. The normalized spacial score (nSPS) is 19.5. The standard InChI is InChI=1S/C15H14O4/c1-15(2)18-13(14(17)19-15)10-12(16)9-8-11-6-4-3-5-7-11/h3-10H,1-2H3/b9-8+,13-10+. The molecule has 4 nitrogen and oxygen atoms in total. The summed E-state index contributed by atoms with van der Waals surface area (Å²) in [6.45, 7) is 3.21. The minimum atomic E-state index is -1.01. The Kier molecular flexibility index (Phi) is 3.51. The molecule has 1 aliphatic rings. The number of hydrogen-bond acceptors (Lipinski definition) is 4. The molecule has 1 heterocycles. The highest BCUT2D eigenvalue weighted by molar-refractivity contribution is 6.06. The van der Waals surface area contributed by atoms with Crippen LogP contribution in [0.25, 0.3) is 6.08 Å². The summed E-state index contributed by atoms with van der Waals surface area (Å²) < 4.78 is 10.1. The second kappa shape index (κ2) is 5.10. The molecule has 0 saturated carbocycles. The fourth-order valence-corrected chi connectivity index (χ4v) is 1.61. The number of ketones is 1. The van der Waals surface area contributed by atoms with Crippen molar-refractivity contribution in [3.05, 3.63) is 53.8 Å². The van der Waals surface area contributed by atoms with Crippen molar-refractivity contribution in [2.24, 2.45) is 0 Å². The lowest BCUT2D eigenvalue weighted by Gasteiger charge is -2.13. The Morgan fingerprint density at radius 3 is 2.42 bits per heavy atom. The number of carbonyl (C=O) groups excluding carboxylic acids is 2. The van der Waals surface area contributed by atoms with Crippen molar-refractivity contribution in [2.75, 3.05) is 0 Å². The molecule has 2 rings (SSSR count). The summed E-state index contributed by atoms with van der Waals surface area (Å²) in [6.07, 6.45) is 4.19. The van der Waals surface area contributed by atoms with Gasteiger partial charge in [-0.15, -0.1) is 0 Å². The van der Waals surface area contributed by atoms with Crippen molar-refractivity contribution in [3.8, 4) is 0 Å². The first kappa shape index (κ1) is 13.1. The Morgan fingerprint density at radius 1 is 1.16 bits per heavy atom. The van der Waals surface area contributed by atoms with E-state index < -0.39 is 11.8 Å². The number of carbonyl (C=O) groups is 2. The van der Waals surface area contributed by atoms with Gasteiger partial charge in [0.15, 0.2) is 5.78 Å². The van der Waals surface area contributed by atoms with E-state index in [1.807, 2.05) is 30.3 Å². The molecule has 1 aliphatic heterocycles. The van der Waals surface area contributed by atoms with Crippen LogP contribution in [0.5, 0.6) is 0 Å². The van der Waals surface area contributed by atoms with E-state index in [4.69, 9.17) is 9.47 Å². The van der Waals surface area contributed by atoms with E-state index in [1.54, 1.807) is 19.9 Å². The number of allylic oxidation sites excluding steroid dienone is 2. The first-order valence-electron chi connectivity index (χ1n) is 5.87. The number of esters is 1. The van der Waals surface area contributed by atoms with E-state index in [0.717, 1.165) is 11.6 Å². The number of benzene rings is 1. The van der Waals surface area contributed by atoms with Crippen LogP contribution in [0, 0.1) is 0 Å². The van der Waals surface area contributed by atoms with Crippen LogP contribution < -0.4 is 0 Å². The maximum absolute atomic E-state index is 11.7. The zero-order chi connectivity index (χ0) is 13.9. The topological polar surface area (TPSA) is 52.6 Å². The Balaban J connectivity index is 2.06. The van der Waals surface area contributed by atoms with Gasteiger partial charge in [-0.05, 0) is 11.6 Å². The van der Waals surface area contributed by atoms with Gasteiger partial charge < -0.3 is 9.47 Å². The van der Waals surface area contributed by atoms with E-state index in [9.17, 15) is 9.59 Å². The van der Waals surface area contributed by atoms with Crippen LogP contribution in [0.4, 0.5) is 0 Å². The minimum Gasteiger partial charge on any atom is -0.445 e. The van der Waals surface area contributed by atoms with Crippen LogP contribution in [0.1, 0.15) is 19.4 Å². The third-order valence-corrected chi connectivity index (χ3v) is 2.41. The number of ether oxygens (including phenoxy) is 2. The Morgan fingerprint density at radius 2 is 1.84 bits per heavy atom. The molecule has 1 aromatic rings. The van der Waals surface area contributed by atoms with Gasteiger partial charge in [0, 0.05) is 19.9 Å². The fourth-order valence-electron chi connectivity index (χ4n) is 1.61. The molecule has 0 N–H and O–H groups in total. The summed E-state index contributed by atoms with van der Waals surface area (Å²) in [4.78, 5) is 23.1. The first-order valence-corrected chi connectivity index (χ1v) is 5.87. The fraction of sp³-hybridized carbons (Fsp3) is 0.200. The van der Waals surface area contributed by atoms with Gasteiger partial charge in [-0.25, -0.2) is 4.79 Å². The van der Waals surface area contributed by atoms with E-state index in [2.05, 4.69) is 0 Å². The predicted octanol–water partition coefficient (Wildman–Crippen LogP) is 2.46. The monoisotopic (exact) mass is 258 g/mol. The van der Waals surface area contributed by atoms with Crippen LogP contribution in [-0.2, 0) is 19.1 Å². The van der Waals surface area contributed by atoms with E-state index in [0.29, 0.717) is 0 Å². The molecule has 0 radical (unpaired) electrons. The molecule has 19 heavy (non-hydrogen) atoms. The predicted molar refractivity (Wildman–Crippen MR) is 69.8 cm³/mol. The summed E-state index contributed by atoms with van der Waals surface area (Å²) in [5.74, 6) is -2.01. The molecule has 0 bridgehead atoms. The average molecular weight is 258 g/mol. The summed E-state index contributed by atoms with van der Waals surface area (Å²) in [7, 11) is 0. The Hall–Kier alpha value is -2.36. The molecular weight excluding hydrogens is 244 g/mol. The SMILES string of the molecule is CC1(C)OC(=O)/C(=C\C(=O)/C=C/c2ccccc2)O1. The van der Waals surface area contributed by atoms with Crippen LogP contribution >= 0.6 is 0 Å². The van der Waals surface area contributed by atoms with E-state index in [1.165, 1.54) is 6.08 Å². The molecule has 0 aliphatic carbocycles. The maximum Gasteiger partial charge on any atom is 0.377 e. The van der Waals surface area contributed by atoms with Crippen molar-refractivity contribution in [1.29, 1.82) is 0 Å². The van der Waals surface area contributed by atoms with E-state index >= 15 is 0 Å². The molecule has 0 aromatic heterocycles. The number of hydrogen-bond donors (Lipinski definition) is 0. The molecule has 4 heteroatoms. The van der Waals surface area contributed by atoms with Crippen LogP contribution in [0.2, 0.25) is 0 Å². The van der Waals surface area contributed by atoms with E-state index in [-0.39, 0.29) is 11.5 Å². The highest BCUT2D eigenvalue weighted by atomic mass is 16.8. The van der Waals surface area contributed by atoms with Crippen LogP contribution in [0.3, 0.4) is 0 Å². The summed E-state index contributed by atoms with van der Waals surface area (Å²) >= 11 is 0. The van der Waals surface area contributed by atoms with Crippen molar-refractivity contribution < 1.29 is 19.1 Å². The number of rotatable bonds is 3. The molecule has 98 valence electrons. The largest absolute Gasteiger partial charge is 0.445 e. The van der Waals surface area contributed by atoms with Crippen molar-refractivity contribution in [1.82, 2.24) is 0 Å². The number of cyclic esters (lactones) is 1. The Bertz CT molecular complexity index is 553. The van der Waals surface area contributed by atoms with Gasteiger partial charge in [-0.2, -0.15) is 0 Å². The molecule has 1 saturated heterocycles. The highest BCUT2D eigenvalue weighted by Crippen LogP contribution is 2.26. The van der Waals surface area contributed by atoms with Crippen molar-refractivity contribution >= 4 is 17.8 Å². The van der Waals surface area contributed by atoms with Gasteiger partial charge in [0.25, 0.3) is 0 Å². The van der Waals surface area contributed by atoms with Gasteiger partial charge in [-0.1, -0.05) is 36.4 Å². The smallest absolute Gasteiger partial charge is 0.377 e. The van der Waals surface area contributed by atoms with Crippen LogP contribution in [0.15, 0.2) is 48.2 Å². The van der Waals surface area contributed by atoms with Gasteiger partial charge in [0.1, 0.15) is 0 Å². The van der Waals surface area contributed by atoms with Gasteiger partial charge >= 0.3 is 5.97 Å².